The van der Waals surface area contributed by atoms with Gasteiger partial charge in [0.05, 0.1) is 5.69 Å². The van der Waals surface area contributed by atoms with Crippen LogP contribution < -0.4 is 20.7 Å². The number of carbonyl (C=O) groups is 1. The zero-order valence-corrected chi connectivity index (χ0v) is 11.6. The fraction of sp³-hybridized carbons (Fsp3) is 0.500. The number of amides is 1. The SMILES string of the molecule is CNc1ccc2c(c1)N(C(C)CCN)C(=O)C(C)O2. The van der Waals surface area contributed by atoms with Gasteiger partial charge in [-0.05, 0) is 45.0 Å². The molecule has 104 valence electrons. The molecule has 1 amide bonds. The van der Waals surface area contributed by atoms with E-state index in [1.165, 1.54) is 0 Å². The normalized spacial score (nSPS) is 19.7. The average Bonchev–Trinajstić information content (AvgIpc) is 2.40. The Balaban J connectivity index is 2.44. The van der Waals surface area contributed by atoms with Crippen LogP contribution in [0.25, 0.3) is 0 Å². The van der Waals surface area contributed by atoms with Crippen LogP contribution in [0.4, 0.5) is 11.4 Å². The maximum Gasteiger partial charge on any atom is 0.268 e. The first-order valence-corrected chi connectivity index (χ1v) is 6.60. The minimum absolute atomic E-state index is 0.0123. The molecule has 19 heavy (non-hydrogen) atoms. The number of benzene rings is 1. The van der Waals surface area contributed by atoms with Gasteiger partial charge in [0.2, 0.25) is 0 Å². The zero-order chi connectivity index (χ0) is 14.0. The van der Waals surface area contributed by atoms with E-state index in [0.29, 0.717) is 6.54 Å². The molecule has 5 nitrogen and oxygen atoms in total. The molecule has 1 aromatic carbocycles. The summed E-state index contributed by atoms with van der Waals surface area (Å²) in [5, 5.41) is 3.08. The van der Waals surface area contributed by atoms with Crippen LogP contribution in [0.1, 0.15) is 20.3 Å². The molecule has 1 aliphatic heterocycles. The largest absolute Gasteiger partial charge is 0.479 e. The van der Waals surface area contributed by atoms with Crippen molar-refractivity contribution >= 4 is 17.3 Å². The van der Waals surface area contributed by atoms with Crippen molar-refractivity contribution in [2.24, 2.45) is 5.73 Å². The van der Waals surface area contributed by atoms with Crippen LogP contribution in [-0.2, 0) is 4.79 Å². The summed E-state index contributed by atoms with van der Waals surface area (Å²) >= 11 is 0. The van der Waals surface area contributed by atoms with E-state index in [9.17, 15) is 4.79 Å². The molecule has 1 heterocycles. The molecule has 1 aromatic rings. The Morgan fingerprint density at radius 2 is 2.26 bits per heavy atom. The Kier molecular flexibility index (Phi) is 3.95. The third kappa shape index (κ3) is 2.51. The topological polar surface area (TPSA) is 67.6 Å². The van der Waals surface area contributed by atoms with Crippen LogP contribution in [0.5, 0.6) is 5.75 Å². The van der Waals surface area contributed by atoms with Crippen molar-refractivity contribution in [2.75, 3.05) is 23.8 Å². The van der Waals surface area contributed by atoms with E-state index < -0.39 is 6.10 Å². The van der Waals surface area contributed by atoms with Crippen LogP contribution >= 0.6 is 0 Å². The highest BCUT2D eigenvalue weighted by atomic mass is 16.5. The Morgan fingerprint density at radius 3 is 2.89 bits per heavy atom. The lowest BCUT2D eigenvalue weighted by atomic mass is 10.1. The molecule has 5 heteroatoms. The summed E-state index contributed by atoms with van der Waals surface area (Å²) in [7, 11) is 1.85. The van der Waals surface area contributed by atoms with Gasteiger partial charge in [-0.1, -0.05) is 0 Å². The number of hydrogen-bond acceptors (Lipinski definition) is 4. The van der Waals surface area contributed by atoms with E-state index in [0.717, 1.165) is 23.5 Å². The fourth-order valence-corrected chi connectivity index (χ4v) is 2.34. The van der Waals surface area contributed by atoms with E-state index >= 15 is 0 Å². The number of nitrogens with two attached hydrogens (primary N) is 1. The highest BCUT2D eigenvalue weighted by Crippen LogP contribution is 2.37. The van der Waals surface area contributed by atoms with Crippen molar-refractivity contribution in [3.63, 3.8) is 0 Å². The van der Waals surface area contributed by atoms with Gasteiger partial charge in [-0.3, -0.25) is 4.79 Å². The second kappa shape index (κ2) is 5.48. The Morgan fingerprint density at radius 1 is 1.53 bits per heavy atom. The molecule has 0 aliphatic carbocycles. The number of carbonyl (C=O) groups excluding carboxylic acids is 1. The van der Waals surface area contributed by atoms with Crippen molar-refractivity contribution < 1.29 is 9.53 Å². The van der Waals surface area contributed by atoms with E-state index in [4.69, 9.17) is 10.5 Å². The number of rotatable bonds is 4. The first-order valence-electron chi connectivity index (χ1n) is 6.60. The van der Waals surface area contributed by atoms with Gasteiger partial charge < -0.3 is 20.7 Å². The van der Waals surface area contributed by atoms with Crippen LogP contribution in [0, 0.1) is 0 Å². The summed E-state index contributed by atoms with van der Waals surface area (Å²) < 4.78 is 5.65. The molecule has 1 aliphatic rings. The average molecular weight is 263 g/mol. The second-order valence-corrected chi connectivity index (χ2v) is 4.83. The summed E-state index contributed by atoms with van der Waals surface area (Å²) in [6.45, 7) is 4.35. The lowest BCUT2D eigenvalue weighted by Gasteiger charge is -2.37. The van der Waals surface area contributed by atoms with Crippen LogP contribution in [0.15, 0.2) is 18.2 Å². The van der Waals surface area contributed by atoms with E-state index in [-0.39, 0.29) is 11.9 Å². The molecule has 3 N–H and O–H groups in total. The van der Waals surface area contributed by atoms with Crippen molar-refractivity contribution in [1.82, 2.24) is 0 Å². The molecule has 2 rings (SSSR count). The Labute approximate surface area is 113 Å². The summed E-state index contributed by atoms with van der Waals surface area (Å²) in [6.07, 6.45) is 0.315. The maximum atomic E-state index is 12.3. The first-order chi connectivity index (χ1) is 9.08. The van der Waals surface area contributed by atoms with Gasteiger partial charge in [-0.15, -0.1) is 0 Å². The maximum absolute atomic E-state index is 12.3. The summed E-state index contributed by atoms with van der Waals surface area (Å²) in [5.74, 6) is 0.733. The van der Waals surface area contributed by atoms with Gasteiger partial charge in [0.25, 0.3) is 5.91 Å². The smallest absolute Gasteiger partial charge is 0.268 e. The molecule has 0 bridgehead atoms. The number of nitrogens with one attached hydrogen (secondary N) is 1. The van der Waals surface area contributed by atoms with Gasteiger partial charge in [0, 0.05) is 18.8 Å². The second-order valence-electron chi connectivity index (χ2n) is 4.83. The van der Waals surface area contributed by atoms with E-state index in [1.54, 1.807) is 11.8 Å². The Hall–Kier alpha value is -1.75. The number of ether oxygens (including phenoxy) is 1. The molecule has 2 unspecified atom stereocenters. The van der Waals surface area contributed by atoms with Gasteiger partial charge in [0.1, 0.15) is 5.75 Å². The van der Waals surface area contributed by atoms with Gasteiger partial charge in [-0.2, -0.15) is 0 Å². The lowest BCUT2D eigenvalue weighted by Crippen LogP contribution is -2.49. The molecule has 0 radical (unpaired) electrons. The number of hydrogen-bond donors (Lipinski definition) is 2. The standard InChI is InChI=1S/C14H21N3O2/c1-9(6-7-15)17-12-8-11(16-3)4-5-13(12)19-10(2)14(17)18/h4-5,8-10,16H,6-7,15H2,1-3H3. The third-order valence-electron chi connectivity index (χ3n) is 3.42. The lowest BCUT2D eigenvalue weighted by molar-refractivity contribution is -0.126. The number of nitrogens with zero attached hydrogens (tertiary/aromatic N) is 1. The first kappa shape index (κ1) is 13.7. The van der Waals surface area contributed by atoms with E-state index in [2.05, 4.69) is 5.32 Å². The molecule has 0 saturated carbocycles. The number of anilines is 2. The molecule has 0 aromatic heterocycles. The van der Waals surface area contributed by atoms with Crippen molar-refractivity contribution in [3.8, 4) is 5.75 Å². The summed E-state index contributed by atoms with van der Waals surface area (Å²) in [4.78, 5) is 14.1. The number of fused-ring (bicyclic) bond motifs is 1. The highest BCUT2D eigenvalue weighted by Gasteiger charge is 2.34. The predicted octanol–water partition coefficient (Wildman–Crippen LogP) is 1.58. The third-order valence-corrected chi connectivity index (χ3v) is 3.42. The predicted molar refractivity (Wildman–Crippen MR) is 76.7 cm³/mol. The van der Waals surface area contributed by atoms with Crippen LogP contribution in [0.2, 0.25) is 0 Å². The molecule has 0 spiro atoms. The minimum Gasteiger partial charge on any atom is -0.479 e. The van der Waals surface area contributed by atoms with E-state index in [1.807, 2.05) is 32.2 Å². The Bertz CT molecular complexity index is 476. The fourth-order valence-electron chi connectivity index (χ4n) is 2.34. The van der Waals surface area contributed by atoms with Gasteiger partial charge in [-0.25, -0.2) is 0 Å². The molecule has 0 saturated heterocycles. The van der Waals surface area contributed by atoms with Gasteiger partial charge >= 0.3 is 0 Å². The quantitative estimate of drug-likeness (QED) is 0.865. The van der Waals surface area contributed by atoms with Crippen molar-refractivity contribution in [1.29, 1.82) is 0 Å². The van der Waals surface area contributed by atoms with Crippen LogP contribution in [-0.4, -0.2) is 31.6 Å². The summed E-state index contributed by atoms with van der Waals surface area (Å²) in [5.41, 5.74) is 7.38. The zero-order valence-electron chi connectivity index (χ0n) is 11.6. The molecule has 0 fully saturated rings. The molecule has 2 atom stereocenters. The van der Waals surface area contributed by atoms with Crippen LogP contribution in [0.3, 0.4) is 0 Å². The molecular weight excluding hydrogens is 242 g/mol. The van der Waals surface area contributed by atoms with Gasteiger partial charge in [0.15, 0.2) is 6.10 Å². The monoisotopic (exact) mass is 263 g/mol. The van der Waals surface area contributed by atoms with Crippen molar-refractivity contribution in [3.05, 3.63) is 18.2 Å². The highest BCUT2D eigenvalue weighted by molar-refractivity contribution is 6.00. The molecular formula is C14H21N3O2. The van der Waals surface area contributed by atoms with Crippen molar-refractivity contribution in [2.45, 2.75) is 32.4 Å². The minimum atomic E-state index is -0.451. The summed E-state index contributed by atoms with van der Waals surface area (Å²) in [6, 6.07) is 5.83.